The lowest BCUT2D eigenvalue weighted by molar-refractivity contribution is 0.368. The molecule has 0 unspecified atom stereocenters. The second-order valence-corrected chi connectivity index (χ2v) is 6.43. The highest BCUT2D eigenvalue weighted by Crippen LogP contribution is 2.19. The first kappa shape index (κ1) is 16.0. The Labute approximate surface area is 119 Å². The molecule has 108 valence electrons. The third kappa shape index (κ3) is 6.11. The zero-order valence-electron chi connectivity index (χ0n) is 13.3. The van der Waals surface area contributed by atoms with Crippen LogP contribution >= 0.6 is 0 Å². The van der Waals surface area contributed by atoms with Gasteiger partial charge in [0.05, 0.1) is 0 Å². The van der Waals surface area contributed by atoms with E-state index in [1.165, 1.54) is 17.7 Å². The molecule has 1 aromatic carbocycles. The van der Waals surface area contributed by atoms with Gasteiger partial charge in [-0.05, 0) is 43.9 Å². The normalized spacial score (nSPS) is 11.6. The SMILES string of the molecule is CCN(CCNCCC(C)(C)C)c1ccccc1C. The largest absolute Gasteiger partial charge is 0.370 e. The number of hydrogen-bond acceptors (Lipinski definition) is 2. The molecule has 0 aliphatic rings. The highest BCUT2D eigenvalue weighted by Gasteiger charge is 2.09. The molecule has 0 aliphatic carbocycles. The van der Waals surface area contributed by atoms with Crippen LogP contribution in [0.2, 0.25) is 0 Å². The van der Waals surface area contributed by atoms with Crippen molar-refractivity contribution in [1.29, 1.82) is 0 Å². The van der Waals surface area contributed by atoms with Crippen LogP contribution in [0.5, 0.6) is 0 Å². The van der Waals surface area contributed by atoms with Crippen LogP contribution in [0, 0.1) is 12.3 Å². The molecule has 1 N–H and O–H groups in total. The highest BCUT2D eigenvalue weighted by molar-refractivity contribution is 5.52. The number of rotatable bonds is 7. The summed E-state index contributed by atoms with van der Waals surface area (Å²) >= 11 is 0. The van der Waals surface area contributed by atoms with Gasteiger partial charge in [-0.25, -0.2) is 0 Å². The van der Waals surface area contributed by atoms with Crippen LogP contribution in [-0.4, -0.2) is 26.2 Å². The van der Waals surface area contributed by atoms with Crippen LogP contribution in [0.4, 0.5) is 5.69 Å². The van der Waals surface area contributed by atoms with Crippen molar-refractivity contribution in [3.8, 4) is 0 Å². The van der Waals surface area contributed by atoms with Crippen LogP contribution in [0.1, 0.15) is 39.7 Å². The second kappa shape index (κ2) is 7.54. The lowest BCUT2D eigenvalue weighted by Crippen LogP contribution is -2.33. The molecule has 0 spiro atoms. The number of nitrogens with one attached hydrogen (secondary N) is 1. The van der Waals surface area contributed by atoms with Gasteiger partial charge in [0.1, 0.15) is 0 Å². The predicted molar refractivity (Wildman–Crippen MR) is 86.0 cm³/mol. The van der Waals surface area contributed by atoms with Crippen molar-refractivity contribution in [2.45, 2.75) is 41.0 Å². The van der Waals surface area contributed by atoms with E-state index in [1.54, 1.807) is 0 Å². The fourth-order valence-corrected chi connectivity index (χ4v) is 2.17. The molecule has 0 heterocycles. The number of para-hydroxylation sites is 1. The van der Waals surface area contributed by atoms with Crippen molar-refractivity contribution in [3.05, 3.63) is 29.8 Å². The van der Waals surface area contributed by atoms with E-state index < -0.39 is 0 Å². The fraction of sp³-hybridized carbons (Fsp3) is 0.647. The Morgan fingerprint density at radius 1 is 1.11 bits per heavy atom. The Morgan fingerprint density at radius 2 is 1.79 bits per heavy atom. The Hall–Kier alpha value is -1.02. The summed E-state index contributed by atoms with van der Waals surface area (Å²) in [4.78, 5) is 2.44. The molecular formula is C17H30N2. The summed E-state index contributed by atoms with van der Waals surface area (Å²) < 4.78 is 0. The molecule has 0 fully saturated rings. The zero-order chi connectivity index (χ0) is 14.3. The minimum atomic E-state index is 0.424. The van der Waals surface area contributed by atoms with E-state index in [9.17, 15) is 0 Å². The Kier molecular flexibility index (Phi) is 6.36. The number of benzene rings is 1. The Balaban J connectivity index is 2.36. The predicted octanol–water partition coefficient (Wildman–Crippen LogP) is 3.85. The summed E-state index contributed by atoms with van der Waals surface area (Å²) in [6.45, 7) is 15.6. The molecule has 0 atom stereocenters. The molecule has 0 bridgehead atoms. The summed E-state index contributed by atoms with van der Waals surface area (Å²) in [5, 5.41) is 3.55. The molecule has 0 aromatic heterocycles. The standard InChI is InChI=1S/C17H30N2/c1-6-19(16-10-8-7-9-15(16)2)14-13-18-12-11-17(3,4)5/h7-10,18H,6,11-14H2,1-5H3. The van der Waals surface area contributed by atoms with E-state index in [4.69, 9.17) is 0 Å². The molecule has 1 aromatic rings. The van der Waals surface area contributed by atoms with Gasteiger partial charge in [-0.3, -0.25) is 0 Å². The van der Waals surface area contributed by atoms with Gasteiger partial charge in [0.15, 0.2) is 0 Å². The third-order valence-corrected chi connectivity index (χ3v) is 3.45. The van der Waals surface area contributed by atoms with Crippen LogP contribution in [0.15, 0.2) is 24.3 Å². The van der Waals surface area contributed by atoms with Crippen molar-refractivity contribution in [2.24, 2.45) is 5.41 Å². The molecule has 0 saturated carbocycles. The van der Waals surface area contributed by atoms with E-state index in [0.29, 0.717) is 5.41 Å². The van der Waals surface area contributed by atoms with E-state index >= 15 is 0 Å². The average molecular weight is 262 g/mol. The molecule has 2 heteroatoms. The number of aryl methyl sites for hydroxylation is 1. The molecular weight excluding hydrogens is 232 g/mol. The van der Waals surface area contributed by atoms with Crippen molar-refractivity contribution >= 4 is 5.69 Å². The topological polar surface area (TPSA) is 15.3 Å². The van der Waals surface area contributed by atoms with Crippen LogP contribution in [0.25, 0.3) is 0 Å². The average Bonchev–Trinajstić information content (AvgIpc) is 2.34. The van der Waals surface area contributed by atoms with Gasteiger partial charge in [0, 0.05) is 25.3 Å². The minimum Gasteiger partial charge on any atom is -0.370 e. The van der Waals surface area contributed by atoms with Crippen molar-refractivity contribution in [2.75, 3.05) is 31.1 Å². The molecule has 0 radical (unpaired) electrons. The van der Waals surface area contributed by atoms with Gasteiger partial charge in [0.2, 0.25) is 0 Å². The van der Waals surface area contributed by atoms with E-state index in [-0.39, 0.29) is 0 Å². The molecule has 1 rings (SSSR count). The molecule has 0 saturated heterocycles. The molecule has 0 aliphatic heterocycles. The highest BCUT2D eigenvalue weighted by atomic mass is 15.1. The van der Waals surface area contributed by atoms with E-state index in [2.05, 4.69) is 69.1 Å². The maximum absolute atomic E-state index is 3.55. The first-order valence-corrected chi connectivity index (χ1v) is 7.45. The first-order chi connectivity index (χ1) is 8.94. The quantitative estimate of drug-likeness (QED) is 0.751. The molecule has 2 nitrogen and oxygen atoms in total. The second-order valence-electron chi connectivity index (χ2n) is 6.43. The Bertz CT molecular complexity index is 366. The van der Waals surface area contributed by atoms with Crippen LogP contribution in [0.3, 0.4) is 0 Å². The van der Waals surface area contributed by atoms with Crippen molar-refractivity contribution in [1.82, 2.24) is 5.32 Å². The smallest absolute Gasteiger partial charge is 0.0396 e. The number of anilines is 1. The molecule has 0 amide bonds. The lowest BCUT2D eigenvalue weighted by atomic mass is 9.92. The number of likely N-dealkylation sites (N-methyl/N-ethyl adjacent to an activating group) is 1. The minimum absolute atomic E-state index is 0.424. The van der Waals surface area contributed by atoms with Gasteiger partial charge in [0.25, 0.3) is 0 Å². The fourth-order valence-electron chi connectivity index (χ4n) is 2.17. The van der Waals surface area contributed by atoms with Crippen LogP contribution in [-0.2, 0) is 0 Å². The van der Waals surface area contributed by atoms with Gasteiger partial charge in [-0.2, -0.15) is 0 Å². The summed E-state index contributed by atoms with van der Waals surface area (Å²) in [5.74, 6) is 0. The van der Waals surface area contributed by atoms with Crippen molar-refractivity contribution in [3.63, 3.8) is 0 Å². The van der Waals surface area contributed by atoms with Gasteiger partial charge in [-0.15, -0.1) is 0 Å². The van der Waals surface area contributed by atoms with Crippen molar-refractivity contribution < 1.29 is 0 Å². The van der Waals surface area contributed by atoms with E-state index in [0.717, 1.165) is 26.2 Å². The summed E-state index contributed by atoms with van der Waals surface area (Å²) in [6, 6.07) is 8.63. The summed E-state index contributed by atoms with van der Waals surface area (Å²) in [6.07, 6.45) is 1.23. The number of hydrogen-bond donors (Lipinski definition) is 1. The van der Waals surface area contributed by atoms with Gasteiger partial charge in [-0.1, -0.05) is 39.0 Å². The maximum Gasteiger partial charge on any atom is 0.0396 e. The third-order valence-electron chi connectivity index (χ3n) is 3.45. The van der Waals surface area contributed by atoms with Gasteiger partial charge >= 0.3 is 0 Å². The Morgan fingerprint density at radius 3 is 2.37 bits per heavy atom. The lowest BCUT2D eigenvalue weighted by Gasteiger charge is -2.25. The maximum atomic E-state index is 3.55. The molecule has 19 heavy (non-hydrogen) atoms. The first-order valence-electron chi connectivity index (χ1n) is 7.45. The summed E-state index contributed by atoms with van der Waals surface area (Å²) in [7, 11) is 0. The zero-order valence-corrected chi connectivity index (χ0v) is 13.3. The van der Waals surface area contributed by atoms with Gasteiger partial charge < -0.3 is 10.2 Å². The van der Waals surface area contributed by atoms with Crippen LogP contribution < -0.4 is 10.2 Å². The monoisotopic (exact) mass is 262 g/mol. The summed E-state index contributed by atoms with van der Waals surface area (Å²) in [5.41, 5.74) is 3.15. The number of nitrogens with zero attached hydrogens (tertiary/aromatic N) is 1. The van der Waals surface area contributed by atoms with E-state index in [1.807, 2.05) is 0 Å².